The van der Waals surface area contributed by atoms with Gasteiger partial charge in [-0.1, -0.05) is 6.07 Å². The van der Waals surface area contributed by atoms with Gasteiger partial charge in [0.15, 0.2) is 5.69 Å². The van der Waals surface area contributed by atoms with Gasteiger partial charge in [0.1, 0.15) is 11.0 Å². The minimum Gasteiger partial charge on any atom is -0.257 e. The number of hydrogen-bond donors (Lipinski definition) is 1. The Morgan fingerprint density at radius 3 is 2.80 bits per heavy atom. The highest BCUT2D eigenvalue weighted by atomic mass is 32.2. The SMILES string of the molecule is Cc1cccc(CNS(=O)(=O)c2cccnc2C#N)n1. The zero-order chi connectivity index (χ0) is 14.6. The third-order valence-electron chi connectivity index (χ3n) is 2.56. The van der Waals surface area contributed by atoms with Gasteiger partial charge in [0.25, 0.3) is 0 Å². The van der Waals surface area contributed by atoms with Crippen LogP contribution in [-0.2, 0) is 16.6 Å². The Hall–Kier alpha value is -2.30. The smallest absolute Gasteiger partial charge is 0.243 e. The van der Waals surface area contributed by atoms with Crippen LogP contribution in [0.25, 0.3) is 0 Å². The molecule has 20 heavy (non-hydrogen) atoms. The largest absolute Gasteiger partial charge is 0.257 e. The molecule has 0 aliphatic heterocycles. The van der Waals surface area contributed by atoms with Gasteiger partial charge in [-0.25, -0.2) is 18.1 Å². The third kappa shape index (κ3) is 3.17. The van der Waals surface area contributed by atoms with Crippen molar-refractivity contribution in [1.29, 1.82) is 5.26 Å². The van der Waals surface area contributed by atoms with Crippen molar-refractivity contribution in [2.24, 2.45) is 0 Å². The summed E-state index contributed by atoms with van der Waals surface area (Å²) in [6.07, 6.45) is 1.37. The molecule has 0 saturated heterocycles. The lowest BCUT2D eigenvalue weighted by Gasteiger charge is -2.07. The highest BCUT2D eigenvalue weighted by molar-refractivity contribution is 7.89. The molecule has 0 saturated carbocycles. The molecule has 0 aliphatic rings. The van der Waals surface area contributed by atoms with Crippen molar-refractivity contribution in [3.63, 3.8) is 0 Å². The predicted octanol–water partition coefficient (Wildman–Crippen LogP) is 1.14. The lowest BCUT2D eigenvalue weighted by atomic mass is 10.3. The molecule has 7 heteroatoms. The molecular formula is C13H12N4O2S. The molecule has 0 unspecified atom stereocenters. The Bertz CT molecular complexity index is 766. The highest BCUT2D eigenvalue weighted by Crippen LogP contribution is 2.12. The van der Waals surface area contributed by atoms with Crippen molar-refractivity contribution in [1.82, 2.24) is 14.7 Å². The predicted molar refractivity (Wildman–Crippen MR) is 72.0 cm³/mol. The number of nitrogens with zero attached hydrogens (tertiary/aromatic N) is 3. The minimum absolute atomic E-state index is 0.0593. The van der Waals surface area contributed by atoms with Gasteiger partial charge in [0.05, 0.1) is 12.2 Å². The van der Waals surface area contributed by atoms with E-state index in [0.717, 1.165) is 5.69 Å². The highest BCUT2D eigenvalue weighted by Gasteiger charge is 2.18. The van der Waals surface area contributed by atoms with E-state index in [1.54, 1.807) is 18.2 Å². The first-order valence-electron chi connectivity index (χ1n) is 5.80. The van der Waals surface area contributed by atoms with E-state index in [1.807, 2.05) is 13.0 Å². The average molecular weight is 288 g/mol. The van der Waals surface area contributed by atoms with Gasteiger partial charge in [-0.05, 0) is 31.2 Å². The van der Waals surface area contributed by atoms with Gasteiger partial charge in [0.2, 0.25) is 10.0 Å². The van der Waals surface area contributed by atoms with E-state index in [0.29, 0.717) is 5.69 Å². The van der Waals surface area contributed by atoms with Crippen LogP contribution in [-0.4, -0.2) is 18.4 Å². The van der Waals surface area contributed by atoms with Crippen molar-refractivity contribution in [2.45, 2.75) is 18.4 Å². The Balaban J connectivity index is 2.22. The maximum atomic E-state index is 12.1. The number of sulfonamides is 1. The Labute approximate surface area is 117 Å². The Kier molecular flexibility index (Phi) is 4.08. The summed E-state index contributed by atoms with van der Waals surface area (Å²) in [5, 5.41) is 8.89. The van der Waals surface area contributed by atoms with Gasteiger partial charge in [0, 0.05) is 11.9 Å². The van der Waals surface area contributed by atoms with E-state index >= 15 is 0 Å². The standard InChI is InChI=1S/C13H12N4O2S/c1-10-4-2-5-11(17-10)9-16-20(18,19)13-6-3-7-15-12(13)8-14/h2-7,16H,9H2,1H3. The van der Waals surface area contributed by atoms with E-state index in [-0.39, 0.29) is 17.1 Å². The summed E-state index contributed by atoms with van der Waals surface area (Å²) in [4.78, 5) is 7.81. The molecule has 0 aromatic carbocycles. The van der Waals surface area contributed by atoms with Crippen molar-refractivity contribution in [3.05, 3.63) is 53.6 Å². The second-order valence-electron chi connectivity index (χ2n) is 4.06. The second-order valence-corrected chi connectivity index (χ2v) is 5.79. The van der Waals surface area contributed by atoms with E-state index in [2.05, 4.69) is 14.7 Å². The fourth-order valence-corrected chi connectivity index (χ4v) is 2.74. The molecule has 2 rings (SSSR count). The van der Waals surface area contributed by atoms with Gasteiger partial charge >= 0.3 is 0 Å². The van der Waals surface area contributed by atoms with Crippen LogP contribution in [0.2, 0.25) is 0 Å². The van der Waals surface area contributed by atoms with Crippen LogP contribution in [0.3, 0.4) is 0 Å². The van der Waals surface area contributed by atoms with Crippen LogP contribution in [0.4, 0.5) is 0 Å². The molecule has 2 aromatic heterocycles. The lowest BCUT2D eigenvalue weighted by molar-refractivity contribution is 0.579. The summed E-state index contributed by atoms with van der Waals surface area (Å²) in [6.45, 7) is 1.89. The van der Waals surface area contributed by atoms with E-state index < -0.39 is 10.0 Å². The molecule has 0 aliphatic carbocycles. The van der Waals surface area contributed by atoms with Crippen LogP contribution >= 0.6 is 0 Å². The molecule has 1 N–H and O–H groups in total. The van der Waals surface area contributed by atoms with E-state index in [4.69, 9.17) is 5.26 Å². The molecule has 2 heterocycles. The number of aryl methyl sites for hydroxylation is 1. The number of rotatable bonds is 4. The molecule has 0 amide bonds. The molecular weight excluding hydrogens is 276 g/mol. The maximum absolute atomic E-state index is 12.1. The van der Waals surface area contributed by atoms with Crippen molar-refractivity contribution in [3.8, 4) is 6.07 Å². The van der Waals surface area contributed by atoms with Crippen molar-refractivity contribution in [2.75, 3.05) is 0 Å². The Morgan fingerprint density at radius 1 is 1.30 bits per heavy atom. The average Bonchev–Trinajstić information content (AvgIpc) is 2.45. The first-order chi connectivity index (χ1) is 9.53. The fourth-order valence-electron chi connectivity index (χ4n) is 1.64. The second kappa shape index (κ2) is 5.77. The molecule has 0 bridgehead atoms. The molecule has 0 atom stereocenters. The van der Waals surface area contributed by atoms with E-state index in [9.17, 15) is 8.42 Å². The van der Waals surface area contributed by atoms with Crippen LogP contribution in [0, 0.1) is 18.3 Å². The third-order valence-corrected chi connectivity index (χ3v) is 3.99. The zero-order valence-corrected chi connectivity index (χ0v) is 11.6. The quantitative estimate of drug-likeness (QED) is 0.910. The maximum Gasteiger partial charge on any atom is 0.243 e. The molecule has 2 aromatic rings. The summed E-state index contributed by atoms with van der Waals surface area (Å²) in [5.74, 6) is 0. The normalized spacial score (nSPS) is 11.0. The van der Waals surface area contributed by atoms with E-state index in [1.165, 1.54) is 18.3 Å². The zero-order valence-electron chi connectivity index (χ0n) is 10.7. The van der Waals surface area contributed by atoms with Gasteiger partial charge in [-0.15, -0.1) is 0 Å². The van der Waals surface area contributed by atoms with Gasteiger partial charge < -0.3 is 0 Å². The molecule has 0 radical (unpaired) electrons. The topological polar surface area (TPSA) is 95.7 Å². The first-order valence-corrected chi connectivity index (χ1v) is 7.28. The molecule has 0 spiro atoms. The van der Waals surface area contributed by atoms with Crippen molar-refractivity contribution < 1.29 is 8.42 Å². The van der Waals surface area contributed by atoms with Crippen molar-refractivity contribution >= 4 is 10.0 Å². The number of nitriles is 1. The monoisotopic (exact) mass is 288 g/mol. The summed E-state index contributed by atoms with van der Waals surface area (Å²) in [7, 11) is -3.79. The molecule has 6 nitrogen and oxygen atoms in total. The van der Waals surface area contributed by atoms with Crippen LogP contribution in [0.15, 0.2) is 41.4 Å². The van der Waals surface area contributed by atoms with Crippen LogP contribution in [0.1, 0.15) is 17.1 Å². The summed E-state index contributed by atoms with van der Waals surface area (Å²) in [6, 6.07) is 9.94. The first kappa shape index (κ1) is 14.1. The summed E-state index contributed by atoms with van der Waals surface area (Å²) >= 11 is 0. The van der Waals surface area contributed by atoms with Crippen LogP contribution < -0.4 is 4.72 Å². The Morgan fingerprint density at radius 2 is 2.10 bits per heavy atom. The summed E-state index contributed by atoms with van der Waals surface area (Å²) < 4.78 is 26.7. The van der Waals surface area contributed by atoms with Crippen LogP contribution in [0.5, 0.6) is 0 Å². The molecule has 102 valence electrons. The molecule has 0 fully saturated rings. The number of nitrogens with one attached hydrogen (secondary N) is 1. The van der Waals surface area contributed by atoms with Gasteiger partial charge in [-0.3, -0.25) is 4.98 Å². The summed E-state index contributed by atoms with van der Waals surface area (Å²) in [5.41, 5.74) is 1.29. The number of aromatic nitrogens is 2. The lowest BCUT2D eigenvalue weighted by Crippen LogP contribution is -2.24. The number of hydrogen-bond acceptors (Lipinski definition) is 5. The fraction of sp³-hybridized carbons (Fsp3) is 0.154. The number of pyridine rings is 2. The van der Waals surface area contributed by atoms with Gasteiger partial charge in [-0.2, -0.15) is 5.26 Å². The minimum atomic E-state index is -3.79.